The molecule has 0 bridgehead atoms. The van der Waals surface area contributed by atoms with E-state index < -0.39 is 0 Å². The summed E-state index contributed by atoms with van der Waals surface area (Å²) in [5.41, 5.74) is 1.20. The Bertz CT molecular complexity index is 442. The smallest absolute Gasteiger partial charge is 0.0962 e. The zero-order valence-electron chi connectivity index (χ0n) is 11.6. The van der Waals surface area contributed by atoms with E-state index in [4.69, 9.17) is 10.2 Å². The normalized spacial score (nSPS) is 17.7. The first-order valence-corrected chi connectivity index (χ1v) is 7.71. The van der Waals surface area contributed by atoms with Crippen molar-refractivity contribution in [3.05, 3.63) is 15.6 Å². The van der Waals surface area contributed by atoms with Crippen LogP contribution in [0.15, 0.2) is 0 Å². The molecule has 2 rings (SSSR count). The predicted octanol–water partition coefficient (Wildman–Crippen LogP) is 4.55. The van der Waals surface area contributed by atoms with Crippen molar-refractivity contribution in [1.29, 1.82) is 5.26 Å². The molecule has 1 aliphatic carbocycles. The van der Waals surface area contributed by atoms with Crippen molar-refractivity contribution in [1.82, 2.24) is 4.98 Å². The second kappa shape index (κ2) is 5.40. The van der Waals surface area contributed by atoms with Crippen LogP contribution in [0.5, 0.6) is 0 Å². The van der Waals surface area contributed by atoms with Crippen molar-refractivity contribution in [2.75, 3.05) is 0 Å². The average molecular weight is 262 g/mol. The first-order valence-electron chi connectivity index (χ1n) is 6.89. The fourth-order valence-corrected chi connectivity index (χ4v) is 4.05. The lowest BCUT2D eigenvalue weighted by Crippen LogP contribution is -2.14. The summed E-state index contributed by atoms with van der Waals surface area (Å²) in [6, 6.07) is 2.28. The molecule has 18 heavy (non-hydrogen) atoms. The third-order valence-corrected chi connectivity index (χ3v) is 4.84. The highest BCUT2D eigenvalue weighted by molar-refractivity contribution is 7.11. The van der Waals surface area contributed by atoms with E-state index in [1.54, 1.807) is 11.3 Å². The maximum Gasteiger partial charge on any atom is 0.0962 e. The van der Waals surface area contributed by atoms with Crippen molar-refractivity contribution in [2.45, 2.75) is 70.6 Å². The van der Waals surface area contributed by atoms with Crippen LogP contribution in [-0.2, 0) is 11.8 Å². The fraction of sp³-hybridized carbons (Fsp3) is 0.733. The van der Waals surface area contributed by atoms with Gasteiger partial charge in [-0.3, -0.25) is 0 Å². The zero-order chi connectivity index (χ0) is 13.2. The van der Waals surface area contributed by atoms with Crippen LogP contribution < -0.4 is 0 Å². The zero-order valence-corrected chi connectivity index (χ0v) is 12.4. The van der Waals surface area contributed by atoms with Gasteiger partial charge in [0.1, 0.15) is 0 Å². The van der Waals surface area contributed by atoms with Gasteiger partial charge in [-0.05, 0) is 12.8 Å². The molecule has 0 atom stereocenters. The van der Waals surface area contributed by atoms with E-state index in [0.717, 1.165) is 5.69 Å². The average Bonchev–Trinajstić information content (AvgIpc) is 2.75. The molecule has 1 aromatic rings. The second-order valence-corrected chi connectivity index (χ2v) is 7.36. The Hall–Kier alpha value is -0.880. The monoisotopic (exact) mass is 262 g/mol. The molecular weight excluding hydrogens is 240 g/mol. The SMILES string of the molecule is CC(C)(C)c1nc(C2CCCCC2)sc1CC#N. The lowest BCUT2D eigenvalue weighted by molar-refractivity contribution is 0.440. The van der Waals surface area contributed by atoms with Crippen LogP contribution in [0.4, 0.5) is 0 Å². The molecular formula is C15H22N2S. The van der Waals surface area contributed by atoms with Gasteiger partial charge >= 0.3 is 0 Å². The molecule has 98 valence electrons. The predicted molar refractivity (Wildman–Crippen MR) is 76.0 cm³/mol. The lowest BCUT2D eigenvalue weighted by atomic mass is 9.89. The quantitative estimate of drug-likeness (QED) is 0.783. The highest BCUT2D eigenvalue weighted by Gasteiger charge is 2.26. The molecule has 0 aromatic carbocycles. The van der Waals surface area contributed by atoms with Gasteiger partial charge in [-0.25, -0.2) is 4.98 Å². The maximum atomic E-state index is 8.96. The Labute approximate surface area is 114 Å². The van der Waals surface area contributed by atoms with Crippen molar-refractivity contribution in [3.63, 3.8) is 0 Å². The van der Waals surface area contributed by atoms with Crippen molar-refractivity contribution < 1.29 is 0 Å². The van der Waals surface area contributed by atoms with Crippen LogP contribution in [0.3, 0.4) is 0 Å². The molecule has 0 aliphatic heterocycles. The third-order valence-electron chi connectivity index (χ3n) is 3.62. The number of rotatable bonds is 2. The van der Waals surface area contributed by atoms with Gasteiger partial charge in [-0.1, -0.05) is 40.0 Å². The van der Waals surface area contributed by atoms with Crippen LogP contribution in [0, 0.1) is 11.3 Å². The number of thiazole rings is 1. The minimum Gasteiger partial charge on any atom is -0.245 e. The fourth-order valence-electron chi connectivity index (χ4n) is 2.67. The Kier molecular flexibility index (Phi) is 4.07. The minimum absolute atomic E-state index is 0.0512. The molecule has 3 heteroatoms. The van der Waals surface area contributed by atoms with Gasteiger partial charge in [0.05, 0.1) is 23.2 Å². The van der Waals surface area contributed by atoms with Gasteiger partial charge in [-0.2, -0.15) is 5.26 Å². The Balaban J connectivity index is 2.30. The summed E-state index contributed by atoms with van der Waals surface area (Å²) < 4.78 is 0. The first-order chi connectivity index (χ1) is 8.52. The van der Waals surface area contributed by atoms with Gasteiger partial charge in [-0.15, -0.1) is 11.3 Å². The van der Waals surface area contributed by atoms with E-state index in [2.05, 4.69) is 26.8 Å². The van der Waals surface area contributed by atoms with Crippen molar-refractivity contribution in [3.8, 4) is 6.07 Å². The molecule has 1 aliphatic rings. The summed E-state index contributed by atoms with van der Waals surface area (Å²) in [4.78, 5) is 6.08. The third kappa shape index (κ3) is 2.92. The largest absolute Gasteiger partial charge is 0.245 e. The number of aromatic nitrogens is 1. The van der Waals surface area contributed by atoms with Gasteiger partial charge in [0, 0.05) is 16.2 Å². The van der Waals surface area contributed by atoms with Crippen LogP contribution in [0.1, 0.15) is 74.4 Å². The second-order valence-electron chi connectivity index (χ2n) is 6.24. The molecule has 1 saturated carbocycles. The maximum absolute atomic E-state index is 8.96. The highest BCUT2D eigenvalue weighted by atomic mass is 32.1. The van der Waals surface area contributed by atoms with E-state index in [1.807, 2.05) is 0 Å². The Morgan fingerprint density at radius 1 is 1.28 bits per heavy atom. The molecule has 0 unspecified atom stereocenters. The standard InChI is InChI=1S/C15H22N2S/c1-15(2,3)13-12(9-10-16)18-14(17-13)11-7-5-4-6-8-11/h11H,4-9H2,1-3H3. The Morgan fingerprint density at radius 2 is 1.94 bits per heavy atom. The lowest BCUT2D eigenvalue weighted by Gasteiger charge is -2.20. The van der Waals surface area contributed by atoms with Gasteiger partial charge in [0.25, 0.3) is 0 Å². The molecule has 1 heterocycles. The highest BCUT2D eigenvalue weighted by Crippen LogP contribution is 2.38. The van der Waals surface area contributed by atoms with E-state index in [9.17, 15) is 0 Å². The van der Waals surface area contributed by atoms with Gasteiger partial charge < -0.3 is 0 Å². The first kappa shape index (κ1) is 13.5. The minimum atomic E-state index is 0.0512. The molecule has 0 amide bonds. The van der Waals surface area contributed by atoms with Crippen LogP contribution in [-0.4, -0.2) is 4.98 Å². The van der Waals surface area contributed by atoms with Crippen LogP contribution in [0.25, 0.3) is 0 Å². The summed E-state index contributed by atoms with van der Waals surface area (Å²) in [5, 5.41) is 10.2. The summed E-state index contributed by atoms with van der Waals surface area (Å²) in [5.74, 6) is 0.650. The number of nitriles is 1. The van der Waals surface area contributed by atoms with E-state index in [1.165, 1.54) is 42.0 Å². The molecule has 0 N–H and O–H groups in total. The number of hydrogen-bond acceptors (Lipinski definition) is 3. The van der Waals surface area contributed by atoms with Gasteiger partial charge in [0.15, 0.2) is 0 Å². The summed E-state index contributed by atoms with van der Waals surface area (Å²) in [6.07, 6.45) is 7.12. The van der Waals surface area contributed by atoms with E-state index in [0.29, 0.717) is 12.3 Å². The number of hydrogen-bond donors (Lipinski definition) is 0. The molecule has 0 saturated heterocycles. The topological polar surface area (TPSA) is 36.7 Å². The van der Waals surface area contributed by atoms with E-state index in [-0.39, 0.29) is 5.41 Å². The molecule has 0 radical (unpaired) electrons. The molecule has 2 nitrogen and oxygen atoms in total. The van der Waals surface area contributed by atoms with Gasteiger partial charge in [0.2, 0.25) is 0 Å². The van der Waals surface area contributed by atoms with Crippen molar-refractivity contribution in [2.24, 2.45) is 0 Å². The summed E-state index contributed by atoms with van der Waals surface area (Å²) in [7, 11) is 0. The Morgan fingerprint density at radius 3 is 2.50 bits per heavy atom. The summed E-state index contributed by atoms with van der Waals surface area (Å²) >= 11 is 1.78. The van der Waals surface area contributed by atoms with Crippen molar-refractivity contribution >= 4 is 11.3 Å². The molecule has 1 fully saturated rings. The molecule has 0 spiro atoms. The van der Waals surface area contributed by atoms with Crippen LogP contribution in [0.2, 0.25) is 0 Å². The number of nitrogens with zero attached hydrogens (tertiary/aromatic N) is 2. The summed E-state index contributed by atoms with van der Waals surface area (Å²) in [6.45, 7) is 6.56. The van der Waals surface area contributed by atoms with E-state index >= 15 is 0 Å². The van der Waals surface area contributed by atoms with Crippen LogP contribution >= 0.6 is 11.3 Å². The molecule has 1 aromatic heterocycles.